The number of guanidine groups is 1. The highest BCUT2D eigenvalue weighted by molar-refractivity contribution is 7.80. The van der Waals surface area contributed by atoms with Crippen molar-refractivity contribution < 1.29 is 68.4 Å². The molecule has 0 fully saturated rings. The summed E-state index contributed by atoms with van der Waals surface area (Å²) < 4.78 is 0. The topological polar surface area (TPSA) is 493 Å². The summed E-state index contributed by atoms with van der Waals surface area (Å²) in [5, 5.41) is 58.8. The van der Waals surface area contributed by atoms with Gasteiger partial charge in [0.25, 0.3) is 0 Å². The number of thiol groups is 2. The lowest BCUT2D eigenvalue weighted by molar-refractivity contribution is -0.142. The number of aliphatic hydroxyl groups is 2. The van der Waals surface area contributed by atoms with Crippen LogP contribution in [0.25, 0.3) is 0 Å². The standard InChI is InChI=1S/C41H71N15O14S2/c1-19(2)11-25(35(64)55-29(17-72)40(69)70)51-33(62)24(8-6-10-47-41(44)45)50-37(66)27(13-30(59)60)52-36(65)26(12-21-14-46-18-48-21)53-39(68)31(20(3)58)56-38(67)28(15-57)54-34(63)23(7-4-5-9-42)49-32(61)22(43)16-71/h14,18-20,22-29,31,57-58,71-72H,4-13,15-17,42-43H2,1-3H3,(H,46,48)(H,49,61)(H,50,66)(H,51,62)(H,52,65)(H,53,68)(H,54,63)(H,55,64)(H,56,67)(H,59,60)(H,69,70)(H4,44,45,47)/t20-,22+,23+,24+,25+,26+,27+,28+,29+,31+/m1/s1. The van der Waals surface area contributed by atoms with Crippen molar-refractivity contribution in [3.8, 4) is 0 Å². The van der Waals surface area contributed by atoms with Gasteiger partial charge in [0.15, 0.2) is 5.96 Å². The molecule has 1 aromatic rings. The molecule has 72 heavy (non-hydrogen) atoms. The second-order valence-corrected chi connectivity index (χ2v) is 17.6. The maximum Gasteiger partial charge on any atom is 0.327 e. The van der Waals surface area contributed by atoms with Gasteiger partial charge in [0, 0.05) is 36.4 Å². The first kappa shape index (κ1) is 63.7. The van der Waals surface area contributed by atoms with Crippen molar-refractivity contribution in [3.05, 3.63) is 18.2 Å². The van der Waals surface area contributed by atoms with Crippen molar-refractivity contribution in [2.24, 2.45) is 33.8 Å². The first-order valence-electron chi connectivity index (χ1n) is 22.8. The van der Waals surface area contributed by atoms with E-state index in [0.29, 0.717) is 12.8 Å². The number of unbranched alkanes of at least 4 members (excludes halogenated alkanes) is 1. The molecule has 1 aromatic heterocycles. The molecule has 0 aliphatic carbocycles. The van der Waals surface area contributed by atoms with Crippen LogP contribution in [0.5, 0.6) is 0 Å². The Kier molecular flexibility index (Phi) is 29.6. The zero-order valence-corrected chi connectivity index (χ0v) is 42.0. The zero-order valence-electron chi connectivity index (χ0n) is 40.2. The first-order chi connectivity index (χ1) is 33.9. The molecule has 31 heteroatoms. The van der Waals surface area contributed by atoms with E-state index in [2.05, 4.69) is 82.8 Å². The van der Waals surface area contributed by atoms with Crippen LogP contribution in [-0.4, -0.2) is 187 Å². The summed E-state index contributed by atoms with van der Waals surface area (Å²) in [4.78, 5) is 142. The fourth-order valence-electron chi connectivity index (χ4n) is 6.47. The van der Waals surface area contributed by atoms with Crippen LogP contribution in [0.4, 0.5) is 0 Å². The fourth-order valence-corrected chi connectivity index (χ4v) is 6.88. The number of aromatic nitrogens is 2. The predicted octanol–water partition coefficient (Wildman–Crippen LogP) is -6.82. The third-order valence-corrected chi connectivity index (χ3v) is 11.1. The van der Waals surface area contributed by atoms with Crippen molar-refractivity contribution in [2.45, 2.75) is 133 Å². The van der Waals surface area contributed by atoms with Gasteiger partial charge in [-0.2, -0.15) is 25.3 Å². The molecule has 0 saturated heterocycles. The second kappa shape index (κ2) is 33.4. The zero-order chi connectivity index (χ0) is 54.7. The van der Waals surface area contributed by atoms with Gasteiger partial charge in [0.1, 0.15) is 48.3 Å². The number of hydrogen-bond donors (Lipinski definition) is 19. The summed E-state index contributed by atoms with van der Waals surface area (Å²) in [5.74, 6) is -12.1. The van der Waals surface area contributed by atoms with E-state index in [1.54, 1.807) is 13.8 Å². The molecule has 10 atom stereocenters. The first-order valence-corrected chi connectivity index (χ1v) is 24.0. The van der Waals surface area contributed by atoms with Crippen LogP contribution < -0.4 is 65.5 Å². The van der Waals surface area contributed by atoms with Crippen molar-refractivity contribution in [1.29, 1.82) is 0 Å². The lowest BCUT2D eigenvalue weighted by Crippen LogP contribution is -2.62. The summed E-state index contributed by atoms with van der Waals surface area (Å²) in [6, 6.07) is -13.9. The summed E-state index contributed by atoms with van der Waals surface area (Å²) in [6.07, 6.45) is 0.0483. The highest BCUT2D eigenvalue weighted by Crippen LogP contribution is 2.10. The Labute approximate surface area is 425 Å². The normalized spacial score (nSPS) is 15.2. The molecule has 0 radical (unpaired) electrons. The highest BCUT2D eigenvalue weighted by Gasteiger charge is 2.37. The smallest absolute Gasteiger partial charge is 0.327 e. The molecule has 21 N–H and O–H groups in total. The fraction of sp³-hybridized carbons (Fsp3) is 0.659. The molecular weight excluding hydrogens is 991 g/mol. The minimum Gasteiger partial charge on any atom is -0.481 e. The molecule has 0 aliphatic rings. The number of imidazole rings is 1. The highest BCUT2D eigenvalue weighted by atomic mass is 32.1. The van der Waals surface area contributed by atoms with Gasteiger partial charge in [-0.3, -0.25) is 48.1 Å². The molecule has 29 nitrogen and oxygen atoms in total. The molecule has 406 valence electrons. The number of carbonyl (C=O) groups is 10. The number of nitrogens with one attached hydrogen (secondary N) is 9. The lowest BCUT2D eigenvalue weighted by atomic mass is 10.0. The van der Waals surface area contributed by atoms with Crippen molar-refractivity contribution in [2.75, 3.05) is 31.2 Å². The van der Waals surface area contributed by atoms with Crippen LogP contribution in [0.2, 0.25) is 0 Å². The number of aliphatic carboxylic acids is 2. The number of hydrogen-bond acceptors (Lipinski definition) is 18. The van der Waals surface area contributed by atoms with Gasteiger partial charge in [-0.15, -0.1) is 0 Å². The van der Waals surface area contributed by atoms with Crippen molar-refractivity contribution >= 4 is 90.4 Å². The Hall–Kier alpha value is -6.28. The molecule has 0 saturated carbocycles. The van der Waals surface area contributed by atoms with Gasteiger partial charge in [-0.25, -0.2) is 9.78 Å². The minimum absolute atomic E-state index is 0.00883. The van der Waals surface area contributed by atoms with Gasteiger partial charge in [-0.1, -0.05) is 13.8 Å². The van der Waals surface area contributed by atoms with Gasteiger partial charge in [-0.05, 0) is 57.9 Å². The summed E-state index contributed by atoms with van der Waals surface area (Å²) in [6.45, 7) is 3.74. The number of nitrogens with zero attached hydrogens (tertiary/aromatic N) is 2. The average Bonchev–Trinajstić information content (AvgIpc) is 3.83. The largest absolute Gasteiger partial charge is 0.481 e. The number of amides is 8. The van der Waals surface area contributed by atoms with E-state index in [1.165, 1.54) is 12.5 Å². The quantitative estimate of drug-likeness (QED) is 0.0130. The van der Waals surface area contributed by atoms with Gasteiger partial charge < -0.3 is 90.9 Å². The van der Waals surface area contributed by atoms with Crippen LogP contribution in [0.15, 0.2) is 17.5 Å². The molecule has 0 aromatic carbocycles. The van der Waals surface area contributed by atoms with E-state index >= 15 is 0 Å². The molecule has 1 rings (SSSR count). The van der Waals surface area contributed by atoms with E-state index in [4.69, 9.17) is 22.9 Å². The monoisotopic (exact) mass is 1060 g/mol. The van der Waals surface area contributed by atoms with Crippen molar-refractivity contribution in [1.82, 2.24) is 52.5 Å². The Balaban J connectivity index is 3.49. The number of carboxylic acids is 2. The Morgan fingerprint density at radius 2 is 1.17 bits per heavy atom. The molecule has 8 amide bonds. The Bertz CT molecular complexity index is 1990. The van der Waals surface area contributed by atoms with Crippen molar-refractivity contribution in [3.63, 3.8) is 0 Å². The van der Waals surface area contributed by atoms with Gasteiger partial charge in [0.05, 0.1) is 31.5 Å². The molecule has 0 aliphatic heterocycles. The minimum atomic E-state index is -1.95. The van der Waals surface area contributed by atoms with Crippen LogP contribution in [-0.2, 0) is 54.4 Å². The average molecular weight is 1060 g/mol. The van der Waals surface area contributed by atoms with Crippen LogP contribution in [0.3, 0.4) is 0 Å². The van der Waals surface area contributed by atoms with Crippen LogP contribution in [0.1, 0.15) is 71.4 Å². The number of aliphatic imine (C=N–C) groups is 1. The number of aromatic amines is 1. The summed E-state index contributed by atoms with van der Waals surface area (Å²) in [5.41, 5.74) is 22.4. The third kappa shape index (κ3) is 23.8. The molecule has 0 spiro atoms. The van der Waals surface area contributed by atoms with Gasteiger partial charge in [0.2, 0.25) is 47.3 Å². The maximum atomic E-state index is 14.0. The summed E-state index contributed by atoms with van der Waals surface area (Å²) >= 11 is 7.93. The van der Waals surface area contributed by atoms with E-state index in [1.807, 2.05) is 0 Å². The van der Waals surface area contributed by atoms with E-state index in [-0.39, 0.29) is 67.8 Å². The van der Waals surface area contributed by atoms with E-state index < -0.39 is 139 Å². The van der Waals surface area contributed by atoms with Crippen LogP contribution in [0, 0.1) is 5.92 Å². The number of rotatable bonds is 35. The van der Waals surface area contributed by atoms with Crippen LogP contribution >= 0.6 is 25.3 Å². The molecule has 0 bridgehead atoms. The number of aliphatic hydroxyl groups excluding tert-OH is 2. The maximum absolute atomic E-state index is 14.0. The number of nitrogens with two attached hydrogens (primary N) is 4. The third-order valence-electron chi connectivity index (χ3n) is 10.3. The van der Waals surface area contributed by atoms with Gasteiger partial charge >= 0.3 is 11.9 Å². The molecule has 0 unspecified atom stereocenters. The second-order valence-electron chi connectivity index (χ2n) is 16.9. The summed E-state index contributed by atoms with van der Waals surface area (Å²) in [7, 11) is 0. The predicted molar refractivity (Wildman–Crippen MR) is 264 cm³/mol. The van der Waals surface area contributed by atoms with E-state index in [9.17, 15) is 68.4 Å². The lowest BCUT2D eigenvalue weighted by Gasteiger charge is -2.28. The number of carboxylic acid groups (broad SMARTS) is 2. The molecular formula is C41H71N15O14S2. The Morgan fingerprint density at radius 3 is 1.67 bits per heavy atom. The number of carbonyl (C=O) groups excluding carboxylic acids is 8. The van der Waals surface area contributed by atoms with E-state index in [0.717, 1.165) is 6.92 Å². The molecule has 1 heterocycles. The SMILES string of the molecule is CC(C)C[C@H](NC(=O)[C@H](CCCN=C(N)N)NC(=O)[C@H](CC(=O)O)NC(=O)[C@H](Cc1cnc[nH]1)NC(=O)[C@@H](NC(=O)[C@H](CO)NC(=O)[C@H](CCCCN)NC(=O)[C@@H](N)CS)[C@@H](C)O)C(=O)N[C@@H](CS)C(=O)O. The Morgan fingerprint density at radius 1 is 0.667 bits per heavy atom. The number of H-pyrrole nitrogens is 1.